The number of ether oxygens (including phenoxy) is 8. The second-order valence-electron chi connectivity index (χ2n) is 21.0. The fourth-order valence-corrected chi connectivity index (χ4v) is 11.5. The van der Waals surface area contributed by atoms with E-state index in [9.17, 15) is 39.0 Å². The highest BCUT2D eigenvalue weighted by molar-refractivity contribution is 5.97. The number of esters is 5. The summed E-state index contributed by atoms with van der Waals surface area (Å²) in [5, 5.41) is 29.2. The van der Waals surface area contributed by atoms with Crippen LogP contribution in [0, 0.1) is 16.7 Å². The number of Topliss-reactive ketones (excluding diaryl/α,β-unsaturated/α-hetero) is 1. The van der Waals surface area contributed by atoms with Gasteiger partial charge in [0.05, 0.1) is 35.7 Å². The van der Waals surface area contributed by atoms with Crippen LogP contribution in [0.25, 0.3) is 0 Å². The van der Waals surface area contributed by atoms with Crippen LogP contribution in [0.4, 0.5) is 4.79 Å². The number of hydrogen-bond acceptors (Lipinski definition) is 18. The molecular weight excluding hydrogens is 1010 g/mol. The lowest BCUT2D eigenvalue weighted by atomic mass is 9.44. The third-order valence-corrected chi connectivity index (χ3v) is 15.4. The third-order valence-electron chi connectivity index (χ3n) is 15.4. The number of pyridine rings is 1. The van der Waals surface area contributed by atoms with Crippen molar-refractivity contribution in [2.24, 2.45) is 16.7 Å². The summed E-state index contributed by atoms with van der Waals surface area (Å²) in [7, 11) is 0. The van der Waals surface area contributed by atoms with Gasteiger partial charge in [0.2, 0.25) is 6.10 Å². The van der Waals surface area contributed by atoms with E-state index in [4.69, 9.17) is 37.9 Å². The number of aliphatic hydroxyl groups is 2. The van der Waals surface area contributed by atoms with E-state index in [2.05, 4.69) is 5.32 Å². The number of fused-ring (bicyclic) bond motifs is 5. The molecule has 1 amide bonds. The van der Waals surface area contributed by atoms with Crippen LogP contribution in [-0.4, -0.2) is 118 Å². The summed E-state index contributed by atoms with van der Waals surface area (Å²) in [6.07, 6.45) is -9.83. The fraction of sp³-hybridized carbons (Fsp3) is 0.431. The average Bonchev–Trinajstić information content (AvgIpc) is 2.69. The summed E-state index contributed by atoms with van der Waals surface area (Å²) in [5.41, 5.74) is -7.92. The Morgan fingerprint density at radius 3 is 1.99 bits per heavy atom. The minimum atomic E-state index is -2.51. The van der Waals surface area contributed by atoms with Crippen LogP contribution in [0.3, 0.4) is 0 Å². The molecule has 412 valence electrons. The van der Waals surface area contributed by atoms with Crippen LogP contribution in [0.15, 0.2) is 127 Å². The Hall–Kier alpha value is -7.81. The number of rotatable bonds is 15. The van der Waals surface area contributed by atoms with E-state index in [0.717, 1.165) is 13.8 Å². The molecule has 1 aromatic heterocycles. The minimum Gasteiger partial charge on any atom is -0.455 e. The molecule has 78 heavy (non-hydrogen) atoms. The van der Waals surface area contributed by atoms with Gasteiger partial charge in [-0.05, 0) is 74.7 Å². The van der Waals surface area contributed by atoms with Gasteiger partial charge in [-0.3, -0.25) is 19.2 Å². The lowest BCUT2D eigenvalue weighted by Crippen LogP contribution is -2.82. The molecule has 2 saturated carbocycles. The molecular formula is C58H63N2O18+. The predicted octanol–water partition coefficient (Wildman–Crippen LogP) is 5.41. The molecule has 3 aliphatic carbocycles. The van der Waals surface area contributed by atoms with Crippen LogP contribution in [0.5, 0.6) is 0 Å². The molecule has 11 atom stereocenters. The van der Waals surface area contributed by atoms with E-state index in [1.54, 1.807) is 80.6 Å². The van der Waals surface area contributed by atoms with Crippen molar-refractivity contribution in [3.05, 3.63) is 149 Å². The van der Waals surface area contributed by atoms with Gasteiger partial charge in [0.1, 0.15) is 35.5 Å². The van der Waals surface area contributed by atoms with Crippen LogP contribution in [0.2, 0.25) is 0 Å². The quantitative estimate of drug-likeness (QED) is 0.0582. The van der Waals surface area contributed by atoms with Gasteiger partial charge < -0.3 is 53.4 Å². The molecule has 3 N–H and O–H groups in total. The van der Waals surface area contributed by atoms with Crippen LogP contribution in [-0.2, 0) is 63.8 Å². The van der Waals surface area contributed by atoms with Crippen molar-refractivity contribution in [1.29, 1.82) is 0 Å². The molecule has 1 aliphatic heterocycles. The number of carbonyl (C=O) groups is 8. The monoisotopic (exact) mass is 1080 g/mol. The normalized spacial score (nSPS) is 27.6. The second kappa shape index (κ2) is 22.3. The molecule has 3 fully saturated rings. The number of amides is 1. The van der Waals surface area contributed by atoms with Gasteiger partial charge in [-0.15, -0.1) is 0 Å². The SMILES string of the molecule is CC(=O)O[C@H]1C(=O)[C@@]2(C)[C@H]([C@H](OC(=O)c3ccccc3)[C@]3(O)C[C@H](OC(=O)[C@H](OC(=O)c4ccc[n+](COC(=O)OC(C)C)c4)[C@@H](NC(=O)c4ccccc4)c4ccccc4)C(C)=C1C3(C)C)[C@]1(OC(C)=O)CO[C@@H]1C[C@@H]2O. The van der Waals surface area contributed by atoms with E-state index in [1.807, 2.05) is 0 Å². The number of ketones is 1. The van der Waals surface area contributed by atoms with Gasteiger partial charge in [0.25, 0.3) is 12.6 Å². The second-order valence-corrected chi connectivity index (χ2v) is 21.0. The third kappa shape index (κ3) is 10.6. The van der Waals surface area contributed by atoms with Crippen molar-refractivity contribution < 1.29 is 91.0 Å². The molecule has 2 bridgehead atoms. The molecule has 0 unspecified atom stereocenters. The topological polar surface area (TPSA) is 267 Å². The molecule has 0 radical (unpaired) electrons. The van der Waals surface area contributed by atoms with Gasteiger partial charge in [-0.1, -0.05) is 80.6 Å². The Morgan fingerprint density at radius 1 is 0.782 bits per heavy atom. The van der Waals surface area contributed by atoms with Crippen molar-refractivity contribution in [2.75, 3.05) is 6.61 Å². The van der Waals surface area contributed by atoms with E-state index in [0.29, 0.717) is 0 Å². The number of aliphatic hydroxyl groups excluding tert-OH is 1. The van der Waals surface area contributed by atoms with Gasteiger partial charge in [0, 0.05) is 43.7 Å². The molecule has 20 heteroatoms. The number of aromatic nitrogens is 1. The molecule has 4 aromatic rings. The van der Waals surface area contributed by atoms with Gasteiger partial charge in [-0.25, -0.2) is 19.2 Å². The van der Waals surface area contributed by atoms with Gasteiger partial charge >= 0.3 is 36.0 Å². The maximum atomic E-state index is 15.8. The van der Waals surface area contributed by atoms with E-state index in [-0.39, 0.29) is 53.2 Å². The zero-order valence-corrected chi connectivity index (χ0v) is 44.4. The van der Waals surface area contributed by atoms with Gasteiger partial charge in [0.15, 0.2) is 29.9 Å². The van der Waals surface area contributed by atoms with E-state index >= 15 is 9.59 Å². The van der Waals surface area contributed by atoms with Crippen LogP contribution in [0.1, 0.15) is 111 Å². The Kier molecular flexibility index (Phi) is 16.1. The van der Waals surface area contributed by atoms with Crippen molar-refractivity contribution in [1.82, 2.24) is 5.32 Å². The molecule has 2 heterocycles. The Labute approximate surface area is 449 Å². The average molecular weight is 1080 g/mol. The first kappa shape index (κ1) is 56.4. The Bertz CT molecular complexity index is 3000. The highest BCUT2D eigenvalue weighted by atomic mass is 16.7. The summed E-state index contributed by atoms with van der Waals surface area (Å²) >= 11 is 0. The largest absolute Gasteiger partial charge is 0.513 e. The zero-order valence-electron chi connectivity index (χ0n) is 44.4. The molecule has 4 aliphatic rings. The maximum Gasteiger partial charge on any atom is 0.513 e. The predicted molar refractivity (Wildman–Crippen MR) is 270 cm³/mol. The maximum absolute atomic E-state index is 15.8. The van der Waals surface area contributed by atoms with Crippen molar-refractivity contribution in [3.8, 4) is 0 Å². The van der Waals surface area contributed by atoms with Crippen molar-refractivity contribution in [2.45, 2.75) is 135 Å². The standard InChI is InChI=1S/C58H62N2O18/c1-32(2)73-54(69)72-31-60-26-18-25-39(29-60)52(67)76-46(44(36-19-12-9-13-20-36)59-50(65)37-21-14-10-15-22-37)53(68)75-40-28-58(70)49(77-51(66)38-23-16-11-17-24-38)47-56(8,41(63)27-42-57(47,30-71-42)78-35(5)62)48(64)45(74-34(4)61)43(33(40)3)55(58,6)7/h9-26,29,32,40-42,44-47,49,63,70H,27-28,30-31H2,1-8H3/p+1/t40-,41-,42+,44-,45+,46+,47-,49-,56+,57-,58+/m0/s1. The fourth-order valence-electron chi connectivity index (χ4n) is 11.5. The summed E-state index contributed by atoms with van der Waals surface area (Å²) < 4.78 is 48.7. The van der Waals surface area contributed by atoms with Gasteiger partial charge in [-0.2, -0.15) is 4.57 Å². The molecule has 1 saturated heterocycles. The highest BCUT2D eigenvalue weighted by Crippen LogP contribution is 2.64. The first-order chi connectivity index (χ1) is 36.9. The number of nitrogens with one attached hydrogen (secondary N) is 1. The van der Waals surface area contributed by atoms with Crippen molar-refractivity contribution >= 4 is 47.7 Å². The number of benzene rings is 3. The highest BCUT2D eigenvalue weighted by Gasteiger charge is 2.78. The van der Waals surface area contributed by atoms with Crippen LogP contribution >= 0.6 is 0 Å². The minimum absolute atomic E-state index is 0.0241. The molecule has 3 aromatic carbocycles. The number of nitrogens with zero attached hydrogens (tertiary/aromatic N) is 1. The first-order valence-corrected chi connectivity index (χ1v) is 25.5. The zero-order chi connectivity index (χ0) is 56.5. The Balaban J connectivity index is 1.28. The van der Waals surface area contributed by atoms with Crippen molar-refractivity contribution in [3.63, 3.8) is 0 Å². The lowest BCUT2D eigenvalue weighted by Gasteiger charge is -2.67. The smallest absolute Gasteiger partial charge is 0.455 e. The molecule has 8 rings (SSSR count). The number of carbonyl (C=O) groups excluding carboxylic acids is 8. The summed E-state index contributed by atoms with van der Waals surface area (Å²) in [5.74, 6) is -8.37. The van der Waals surface area contributed by atoms with Crippen LogP contribution < -0.4 is 9.88 Å². The Morgan fingerprint density at radius 2 is 1.40 bits per heavy atom. The lowest BCUT2D eigenvalue weighted by molar-refractivity contribution is -0.728. The molecule has 0 spiro atoms. The summed E-state index contributed by atoms with van der Waals surface area (Å²) in [6, 6.07) is 25.2. The van der Waals surface area contributed by atoms with E-state index < -0.39 is 131 Å². The first-order valence-electron chi connectivity index (χ1n) is 25.5. The molecule has 20 nitrogen and oxygen atoms in total. The van der Waals surface area contributed by atoms with E-state index in [1.165, 1.54) is 81.1 Å². The number of hydrogen-bond donors (Lipinski definition) is 3. The summed E-state index contributed by atoms with van der Waals surface area (Å²) in [6.45, 7) is 10.7. The summed E-state index contributed by atoms with van der Waals surface area (Å²) in [4.78, 5) is 113.